The molecule has 1 fully saturated rings. The Labute approximate surface area is 91.4 Å². The quantitative estimate of drug-likeness (QED) is 0.748. The zero-order valence-electron chi connectivity index (χ0n) is 9.92. The highest BCUT2D eigenvalue weighted by atomic mass is 16.5. The predicted molar refractivity (Wildman–Crippen MR) is 59.7 cm³/mol. The number of nitrogens with zero attached hydrogens (tertiary/aromatic N) is 2. The standard InChI is InChI=1S/C12H20N2O/c1-9-5-4-6-14(7-9)8-12-10(2)13-15-11(12)3/h9H,4-8H2,1-3H3/t9-/m0/s1. The molecule has 2 rings (SSSR count). The van der Waals surface area contributed by atoms with E-state index in [2.05, 4.69) is 17.0 Å². The van der Waals surface area contributed by atoms with Crippen molar-refractivity contribution in [3.63, 3.8) is 0 Å². The first-order valence-corrected chi connectivity index (χ1v) is 5.81. The second kappa shape index (κ2) is 4.35. The molecule has 2 heterocycles. The van der Waals surface area contributed by atoms with Crippen LogP contribution in [0.25, 0.3) is 0 Å². The predicted octanol–water partition coefficient (Wildman–Crippen LogP) is 2.52. The van der Waals surface area contributed by atoms with E-state index >= 15 is 0 Å². The molecule has 0 aliphatic carbocycles. The van der Waals surface area contributed by atoms with Crippen LogP contribution in [0.5, 0.6) is 0 Å². The molecule has 0 saturated carbocycles. The molecule has 84 valence electrons. The molecule has 1 atom stereocenters. The molecule has 0 aromatic carbocycles. The van der Waals surface area contributed by atoms with Crippen molar-refractivity contribution in [2.24, 2.45) is 5.92 Å². The van der Waals surface area contributed by atoms with Crippen molar-refractivity contribution in [1.29, 1.82) is 0 Å². The molecular formula is C12H20N2O. The SMILES string of the molecule is Cc1noc(C)c1CN1CCC[C@H](C)C1. The molecule has 1 aromatic heterocycles. The van der Waals surface area contributed by atoms with Gasteiger partial charge in [0, 0.05) is 18.7 Å². The Morgan fingerprint density at radius 2 is 2.27 bits per heavy atom. The van der Waals surface area contributed by atoms with Crippen LogP contribution in [-0.4, -0.2) is 23.1 Å². The Balaban J connectivity index is 2.02. The van der Waals surface area contributed by atoms with Crippen molar-refractivity contribution in [2.45, 2.75) is 40.2 Å². The lowest BCUT2D eigenvalue weighted by Crippen LogP contribution is -2.33. The molecule has 0 bridgehead atoms. The lowest BCUT2D eigenvalue weighted by Gasteiger charge is -2.30. The first-order chi connectivity index (χ1) is 7.16. The molecule has 15 heavy (non-hydrogen) atoms. The van der Waals surface area contributed by atoms with Crippen LogP contribution in [0.2, 0.25) is 0 Å². The molecule has 3 nitrogen and oxygen atoms in total. The fourth-order valence-corrected chi connectivity index (χ4v) is 2.38. The van der Waals surface area contributed by atoms with Crippen LogP contribution in [0, 0.1) is 19.8 Å². The Bertz CT molecular complexity index is 313. The van der Waals surface area contributed by atoms with E-state index in [0.29, 0.717) is 0 Å². The second-order valence-electron chi connectivity index (χ2n) is 4.79. The number of hydrogen-bond donors (Lipinski definition) is 0. The van der Waals surface area contributed by atoms with Crippen LogP contribution in [0.3, 0.4) is 0 Å². The monoisotopic (exact) mass is 208 g/mol. The van der Waals surface area contributed by atoms with Crippen LogP contribution in [-0.2, 0) is 6.54 Å². The van der Waals surface area contributed by atoms with E-state index in [4.69, 9.17) is 4.52 Å². The van der Waals surface area contributed by atoms with Crippen molar-refractivity contribution < 1.29 is 4.52 Å². The zero-order chi connectivity index (χ0) is 10.8. The first kappa shape index (κ1) is 10.7. The van der Waals surface area contributed by atoms with E-state index in [0.717, 1.165) is 23.9 Å². The van der Waals surface area contributed by atoms with Gasteiger partial charge >= 0.3 is 0 Å². The van der Waals surface area contributed by atoms with Gasteiger partial charge in [-0.05, 0) is 39.2 Å². The summed E-state index contributed by atoms with van der Waals surface area (Å²) in [7, 11) is 0. The van der Waals surface area contributed by atoms with Gasteiger partial charge in [-0.1, -0.05) is 12.1 Å². The van der Waals surface area contributed by atoms with Gasteiger partial charge in [0.1, 0.15) is 5.76 Å². The summed E-state index contributed by atoms with van der Waals surface area (Å²) in [4.78, 5) is 2.51. The van der Waals surface area contributed by atoms with Crippen LogP contribution in [0.4, 0.5) is 0 Å². The third kappa shape index (κ3) is 2.40. The Morgan fingerprint density at radius 3 is 2.87 bits per heavy atom. The van der Waals surface area contributed by atoms with Crippen molar-refractivity contribution in [3.8, 4) is 0 Å². The highest BCUT2D eigenvalue weighted by Gasteiger charge is 2.19. The van der Waals surface area contributed by atoms with Gasteiger partial charge in [-0.15, -0.1) is 0 Å². The van der Waals surface area contributed by atoms with Gasteiger partial charge in [0.25, 0.3) is 0 Å². The van der Waals surface area contributed by atoms with Crippen molar-refractivity contribution in [3.05, 3.63) is 17.0 Å². The molecule has 0 amide bonds. The van der Waals surface area contributed by atoms with E-state index in [1.807, 2.05) is 13.8 Å². The summed E-state index contributed by atoms with van der Waals surface area (Å²) < 4.78 is 5.19. The van der Waals surface area contributed by atoms with Crippen molar-refractivity contribution in [1.82, 2.24) is 10.1 Å². The Kier molecular flexibility index (Phi) is 3.10. The lowest BCUT2D eigenvalue weighted by molar-refractivity contribution is 0.175. The summed E-state index contributed by atoms with van der Waals surface area (Å²) in [6, 6.07) is 0. The van der Waals surface area contributed by atoms with Gasteiger partial charge in [-0.2, -0.15) is 0 Å². The molecule has 0 unspecified atom stereocenters. The molecular weight excluding hydrogens is 188 g/mol. The van der Waals surface area contributed by atoms with E-state index in [-0.39, 0.29) is 0 Å². The fourth-order valence-electron chi connectivity index (χ4n) is 2.38. The lowest BCUT2D eigenvalue weighted by atomic mass is 9.99. The molecule has 1 aliphatic heterocycles. The minimum atomic E-state index is 0.833. The summed E-state index contributed by atoms with van der Waals surface area (Å²) in [5.41, 5.74) is 2.33. The van der Waals surface area contributed by atoms with Gasteiger partial charge in [0.05, 0.1) is 5.69 Å². The third-order valence-corrected chi connectivity index (χ3v) is 3.30. The molecule has 3 heteroatoms. The fraction of sp³-hybridized carbons (Fsp3) is 0.750. The van der Waals surface area contributed by atoms with Crippen LogP contribution < -0.4 is 0 Å². The molecule has 0 spiro atoms. The number of likely N-dealkylation sites (tertiary alicyclic amines) is 1. The average molecular weight is 208 g/mol. The van der Waals surface area contributed by atoms with Gasteiger partial charge in [0.2, 0.25) is 0 Å². The Morgan fingerprint density at radius 1 is 1.47 bits per heavy atom. The van der Waals surface area contributed by atoms with Gasteiger partial charge < -0.3 is 4.52 Å². The van der Waals surface area contributed by atoms with E-state index in [1.165, 1.54) is 31.5 Å². The summed E-state index contributed by atoms with van der Waals surface area (Å²) in [5, 5.41) is 4.00. The normalized spacial score (nSPS) is 23.3. The topological polar surface area (TPSA) is 29.3 Å². The van der Waals surface area contributed by atoms with Crippen LogP contribution >= 0.6 is 0 Å². The zero-order valence-corrected chi connectivity index (χ0v) is 9.92. The van der Waals surface area contributed by atoms with E-state index < -0.39 is 0 Å². The molecule has 0 N–H and O–H groups in total. The maximum Gasteiger partial charge on any atom is 0.138 e. The molecule has 0 radical (unpaired) electrons. The summed E-state index contributed by atoms with van der Waals surface area (Å²) in [6.45, 7) is 9.80. The van der Waals surface area contributed by atoms with Crippen molar-refractivity contribution in [2.75, 3.05) is 13.1 Å². The average Bonchev–Trinajstić information content (AvgIpc) is 2.50. The third-order valence-electron chi connectivity index (χ3n) is 3.30. The van der Waals surface area contributed by atoms with Gasteiger partial charge in [-0.3, -0.25) is 4.90 Å². The summed E-state index contributed by atoms with van der Waals surface area (Å²) in [5.74, 6) is 1.81. The number of rotatable bonds is 2. The van der Waals surface area contributed by atoms with Crippen LogP contribution in [0.15, 0.2) is 4.52 Å². The minimum absolute atomic E-state index is 0.833. The first-order valence-electron chi connectivity index (χ1n) is 5.81. The van der Waals surface area contributed by atoms with Gasteiger partial charge in [-0.25, -0.2) is 0 Å². The Hall–Kier alpha value is -0.830. The number of piperidine rings is 1. The maximum atomic E-state index is 5.19. The van der Waals surface area contributed by atoms with E-state index in [9.17, 15) is 0 Å². The highest BCUT2D eigenvalue weighted by molar-refractivity contribution is 5.20. The second-order valence-corrected chi connectivity index (χ2v) is 4.79. The largest absolute Gasteiger partial charge is 0.361 e. The van der Waals surface area contributed by atoms with Gasteiger partial charge in [0.15, 0.2) is 0 Å². The maximum absolute atomic E-state index is 5.19. The van der Waals surface area contributed by atoms with Crippen LogP contribution in [0.1, 0.15) is 36.8 Å². The summed E-state index contributed by atoms with van der Waals surface area (Å²) >= 11 is 0. The van der Waals surface area contributed by atoms with Crippen molar-refractivity contribution >= 4 is 0 Å². The number of hydrogen-bond acceptors (Lipinski definition) is 3. The van der Waals surface area contributed by atoms with E-state index in [1.54, 1.807) is 0 Å². The number of aryl methyl sites for hydroxylation is 2. The molecule has 1 aliphatic rings. The number of aromatic nitrogens is 1. The smallest absolute Gasteiger partial charge is 0.138 e. The minimum Gasteiger partial charge on any atom is -0.361 e. The highest BCUT2D eigenvalue weighted by Crippen LogP contribution is 2.20. The summed E-state index contributed by atoms with van der Waals surface area (Å²) in [6.07, 6.45) is 2.70. The molecule has 1 aromatic rings. The molecule has 1 saturated heterocycles.